The normalized spacial score (nSPS) is 22.7. The van der Waals surface area contributed by atoms with Crippen molar-refractivity contribution >= 4 is 42.4 Å². The summed E-state index contributed by atoms with van der Waals surface area (Å²) >= 11 is 5.96. The van der Waals surface area contributed by atoms with Crippen LogP contribution in [-0.2, 0) is 23.4 Å². The fourth-order valence-corrected chi connectivity index (χ4v) is 5.90. The molecule has 230 valence electrons. The van der Waals surface area contributed by atoms with Gasteiger partial charge >= 0.3 is 13.7 Å². The van der Waals surface area contributed by atoms with E-state index in [4.69, 9.17) is 40.6 Å². The molecule has 1 aliphatic heterocycles. The van der Waals surface area contributed by atoms with Crippen molar-refractivity contribution < 1.29 is 37.0 Å². The predicted octanol–water partition coefficient (Wildman–Crippen LogP) is 4.86. The van der Waals surface area contributed by atoms with Crippen LogP contribution >= 0.6 is 19.3 Å². The van der Waals surface area contributed by atoms with E-state index in [1.165, 1.54) is 36.9 Å². The Morgan fingerprint density at radius 3 is 2.69 bits per heavy atom. The molecule has 0 spiro atoms. The molecule has 0 aliphatic carbocycles. The summed E-state index contributed by atoms with van der Waals surface area (Å²) in [5.74, 6) is -0.257. The lowest BCUT2D eigenvalue weighted by molar-refractivity contribution is -0.146. The van der Waals surface area contributed by atoms with Gasteiger partial charge in [0.2, 0.25) is 11.8 Å². The molecule has 13 nitrogen and oxygen atoms in total. The summed E-state index contributed by atoms with van der Waals surface area (Å²) in [5.41, 5.74) is 4.47. The molecule has 3 N–H and O–H groups in total. The number of nitrogens with one attached hydrogen (secondary N) is 1. The molecule has 42 heavy (non-hydrogen) atoms. The number of alkyl halides is 1. The highest BCUT2D eigenvalue weighted by Crippen LogP contribution is 2.48. The summed E-state index contributed by atoms with van der Waals surface area (Å²) in [6, 6.07) is 5.04. The predicted molar refractivity (Wildman–Crippen MR) is 153 cm³/mol. The maximum atomic E-state index is 15.9. The van der Waals surface area contributed by atoms with Crippen LogP contribution in [0.1, 0.15) is 47.3 Å². The number of benzene rings is 1. The molecule has 16 heteroatoms. The van der Waals surface area contributed by atoms with Crippen LogP contribution in [0.2, 0.25) is 5.02 Å². The second kappa shape index (κ2) is 13.1. The summed E-state index contributed by atoms with van der Waals surface area (Å²) < 4.78 is 59.3. The number of halogens is 2. The number of carbonyl (C=O) groups is 1. The molecule has 1 aliphatic rings. The lowest BCUT2D eigenvalue weighted by Gasteiger charge is -2.24. The number of fused-ring (bicyclic) bond motifs is 1. The Kier molecular flexibility index (Phi) is 9.94. The zero-order chi connectivity index (χ0) is 30.7. The lowest BCUT2D eigenvalue weighted by atomic mass is 10.0. The van der Waals surface area contributed by atoms with Crippen molar-refractivity contribution in [3.8, 4) is 11.6 Å². The molecule has 0 saturated carbocycles. The van der Waals surface area contributed by atoms with E-state index in [0.29, 0.717) is 17.1 Å². The molecule has 3 aromatic rings. The van der Waals surface area contributed by atoms with Gasteiger partial charge < -0.3 is 24.5 Å². The minimum atomic E-state index is -4.22. The number of aromatic nitrogens is 4. The number of nitrogens with zero attached hydrogens (tertiary/aromatic N) is 4. The van der Waals surface area contributed by atoms with E-state index in [1.807, 2.05) is 13.8 Å². The number of nitrogens with two attached hydrogens (primary N) is 1. The molecule has 1 unspecified atom stereocenters. The van der Waals surface area contributed by atoms with Crippen molar-refractivity contribution in [3.63, 3.8) is 0 Å². The van der Waals surface area contributed by atoms with Crippen LogP contribution in [-0.4, -0.2) is 63.1 Å². The molecule has 0 bridgehead atoms. The van der Waals surface area contributed by atoms with Crippen LogP contribution in [0.25, 0.3) is 11.2 Å². The van der Waals surface area contributed by atoms with Gasteiger partial charge in [0, 0.05) is 11.4 Å². The van der Waals surface area contributed by atoms with Gasteiger partial charge in [-0.3, -0.25) is 13.9 Å². The van der Waals surface area contributed by atoms with E-state index in [9.17, 15) is 9.36 Å². The first-order valence-corrected chi connectivity index (χ1v) is 15.3. The first-order chi connectivity index (χ1) is 19.8. The van der Waals surface area contributed by atoms with Crippen molar-refractivity contribution in [1.82, 2.24) is 24.6 Å². The maximum Gasteiger partial charge on any atom is 0.459 e. The number of esters is 1. The molecular weight excluding hydrogens is 594 g/mol. The Hall–Kier alpha value is -3.03. The highest BCUT2D eigenvalue weighted by Gasteiger charge is 2.48. The third-order valence-corrected chi connectivity index (χ3v) is 8.03. The van der Waals surface area contributed by atoms with E-state index in [-0.39, 0.29) is 48.8 Å². The van der Waals surface area contributed by atoms with Gasteiger partial charge in [0.1, 0.15) is 11.8 Å². The number of nitrogen functional groups attached to an aromatic ring is 1. The van der Waals surface area contributed by atoms with Gasteiger partial charge in [0.05, 0.1) is 32.3 Å². The monoisotopic (exact) mass is 628 g/mol. The standard InChI is InChI=1S/C26H35ClFN6O7P/c1-6-37-22-20-21(31-25(29)32-22)34(14-30-20)24-26(5,28)11-19(40-24)13-39-42(36,41-18-9-7-17(27)8-10-18)33-16(4)23(35)38-12-15(2)3/h7-10,14-16,19,24H,6,11-13H2,1-5H3,(H,33,36)(H2,29,31,32)/t16-,19-,24+,26+,42?/m0/s1. The Balaban J connectivity index is 1.52. The van der Waals surface area contributed by atoms with Crippen molar-refractivity contribution in [2.45, 2.75) is 65.1 Å². The topological polar surface area (TPSA) is 162 Å². The number of imidazole rings is 1. The van der Waals surface area contributed by atoms with E-state index in [0.717, 1.165) is 0 Å². The first-order valence-electron chi connectivity index (χ1n) is 13.4. The molecule has 4 rings (SSSR count). The molecule has 1 aromatic carbocycles. The van der Waals surface area contributed by atoms with Crippen LogP contribution in [0.4, 0.5) is 10.3 Å². The van der Waals surface area contributed by atoms with Crippen molar-refractivity contribution in [3.05, 3.63) is 35.6 Å². The molecule has 3 heterocycles. The highest BCUT2D eigenvalue weighted by molar-refractivity contribution is 7.52. The average molecular weight is 629 g/mol. The fraction of sp³-hybridized carbons (Fsp3) is 0.538. The fourth-order valence-electron chi connectivity index (χ4n) is 4.26. The summed E-state index contributed by atoms with van der Waals surface area (Å²) in [6.45, 7) is 8.57. The van der Waals surface area contributed by atoms with Gasteiger partial charge in [-0.05, 0) is 51.0 Å². The quantitative estimate of drug-likeness (QED) is 0.196. The average Bonchev–Trinajstić information content (AvgIpc) is 3.46. The minimum Gasteiger partial charge on any atom is -0.476 e. The van der Waals surface area contributed by atoms with Crippen LogP contribution < -0.4 is 20.1 Å². The smallest absolute Gasteiger partial charge is 0.459 e. The third kappa shape index (κ3) is 7.67. The van der Waals surface area contributed by atoms with Gasteiger partial charge in [-0.25, -0.2) is 13.9 Å². The maximum absolute atomic E-state index is 15.9. The number of ether oxygens (including phenoxy) is 3. The minimum absolute atomic E-state index is 0.0708. The third-order valence-electron chi connectivity index (χ3n) is 6.14. The zero-order valence-electron chi connectivity index (χ0n) is 24.0. The van der Waals surface area contributed by atoms with Crippen LogP contribution in [0, 0.1) is 5.92 Å². The molecular formula is C26H35ClFN6O7P. The number of anilines is 1. The van der Waals surface area contributed by atoms with E-state index in [1.54, 1.807) is 19.1 Å². The largest absolute Gasteiger partial charge is 0.476 e. The molecule has 1 fully saturated rings. The van der Waals surface area contributed by atoms with Crippen molar-refractivity contribution in [2.24, 2.45) is 5.92 Å². The Labute approximate surface area is 247 Å². The number of rotatable bonds is 13. The van der Waals surface area contributed by atoms with Crippen molar-refractivity contribution in [2.75, 3.05) is 25.6 Å². The summed E-state index contributed by atoms with van der Waals surface area (Å²) in [7, 11) is -4.22. The van der Waals surface area contributed by atoms with Crippen LogP contribution in [0.15, 0.2) is 30.6 Å². The second-order valence-corrected chi connectivity index (χ2v) is 12.6. The van der Waals surface area contributed by atoms with E-state index in [2.05, 4.69) is 20.0 Å². The van der Waals surface area contributed by atoms with Gasteiger partial charge in [-0.1, -0.05) is 25.4 Å². The summed E-state index contributed by atoms with van der Waals surface area (Å²) in [5, 5.41) is 3.05. The lowest BCUT2D eigenvalue weighted by Crippen LogP contribution is -2.36. The van der Waals surface area contributed by atoms with Crippen LogP contribution in [0.3, 0.4) is 0 Å². The zero-order valence-corrected chi connectivity index (χ0v) is 25.6. The van der Waals surface area contributed by atoms with Crippen molar-refractivity contribution in [1.29, 1.82) is 0 Å². The molecule has 0 amide bonds. The van der Waals surface area contributed by atoms with Gasteiger partial charge in [-0.2, -0.15) is 15.1 Å². The highest BCUT2D eigenvalue weighted by atomic mass is 35.5. The van der Waals surface area contributed by atoms with Gasteiger partial charge in [0.25, 0.3) is 0 Å². The summed E-state index contributed by atoms with van der Waals surface area (Å²) in [4.78, 5) is 25.0. The first kappa shape index (κ1) is 31.9. The summed E-state index contributed by atoms with van der Waals surface area (Å²) in [6.07, 6.45) is -0.786. The Morgan fingerprint density at radius 2 is 2.02 bits per heavy atom. The van der Waals surface area contributed by atoms with E-state index < -0.39 is 37.8 Å². The second-order valence-electron chi connectivity index (χ2n) is 10.4. The molecule has 2 aromatic heterocycles. The molecule has 0 radical (unpaired) electrons. The molecule has 5 atom stereocenters. The SMILES string of the molecule is CCOc1nc(N)nc2c1ncn2[C@@H]1O[C@H](COP(=O)(N[C@@H](C)C(=O)OCC(C)C)Oc2ccc(Cl)cc2)C[C@@]1(C)F. The number of hydrogen-bond acceptors (Lipinski definition) is 11. The van der Waals surface area contributed by atoms with Gasteiger partial charge in [-0.15, -0.1) is 0 Å². The van der Waals surface area contributed by atoms with Gasteiger partial charge in [0.15, 0.2) is 23.1 Å². The van der Waals surface area contributed by atoms with E-state index >= 15 is 4.39 Å². The number of carbonyl (C=O) groups excluding carboxylic acids is 1. The number of hydrogen-bond donors (Lipinski definition) is 2. The Bertz CT molecular complexity index is 1440. The van der Waals surface area contributed by atoms with Crippen LogP contribution in [0.5, 0.6) is 11.6 Å². The molecule has 1 saturated heterocycles. The Morgan fingerprint density at radius 1 is 1.31 bits per heavy atom.